The number of aromatic nitrogens is 4. The number of nitrogens with two attached hydrogens (primary N) is 1. The molecule has 0 radical (unpaired) electrons. The number of H-pyrrole nitrogens is 1. The molecule has 0 aliphatic heterocycles. The number of unbranched alkanes of at least 4 members (excludes halogenated alkanes) is 1. The Bertz CT molecular complexity index is 1590. The highest BCUT2D eigenvalue weighted by Crippen LogP contribution is 2.26. The fraction of sp³-hybridized carbons (Fsp3) is 0.241. The summed E-state index contributed by atoms with van der Waals surface area (Å²) in [7, 11) is 0. The quantitative estimate of drug-likeness (QED) is 0.295. The van der Waals surface area contributed by atoms with Crippen LogP contribution < -0.4 is 21.9 Å². The first-order valence-corrected chi connectivity index (χ1v) is 12.9. The molecule has 0 unspecified atom stereocenters. The van der Waals surface area contributed by atoms with Crippen LogP contribution in [0.5, 0.6) is 0 Å². The highest BCUT2D eigenvalue weighted by atomic mass is 19.1. The molecule has 0 fully saturated rings. The van der Waals surface area contributed by atoms with E-state index in [4.69, 9.17) is 5.73 Å². The van der Waals surface area contributed by atoms with Crippen molar-refractivity contribution >= 4 is 23.5 Å². The van der Waals surface area contributed by atoms with Gasteiger partial charge in [-0.15, -0.1) is 0 Å². The summed E-state index contributed by atoms with van der Waals surface area (Å²) in [5, 5.41) is 4.69. The van der Waals surface area contributed by atoms with Crippen LogP contribution in [0.15, 0.2) is 76.5 Å². The second-order valence-corrected chi connectivity index (χ2v) is 9.04. The lowest BCUT2D eigenvalue weighted by Gasteiger charge is -2.23. The van der Waals surface area contributed by atoms with E-state index >= 15 is 0 Å². The van der Waals surface area contributed by atoms with Crippen LogP contribution >= 0.6 is 0 Å². The van der Waals surface area contributed by atoms with Crippen LogP contribution in [-0.4, -0.2) is 31.8 Å². The summed E-state index contributed by atoms with van der Waals surface area (Å²) in [6, 6.07) is 15.4. The number of amides is 1. The lowest BCUT2D eigenvalue weighted by molar-refractivity contribution is -0.114. The number of nitrogens with zero attached hydrogens (tertiary/aromatic N) is 4. The lowest BCUT2D eigenvalue weighted by Crippen LogP contribution is -2.41. The van der Waals surface area contributed by atoms with Gasteiger partial charge in [-0.1, -0.05) is 38.5 Å². The summed E-state index contributed by atoms with van der Waals surface area (Å²) in [6.07, 6.45) is 6.76. The SMILES string of the molecule is CCCCN(C(=O)/C=C/c1cn(-c2ccccc2)nc1-c1ccc(F)cc1)c1c(N)n(CCC)c(=O)[nH]c1=O. The number of para-hydroxylation sites is 1. The zero-order valence-corrected chi connectivity index (χ0v) is 21.9. The molecule has 3 N–H and O–H groups in total. The first-order valence-electron chi connectivity index (χ1n) is 12.9. The van der Waals surface area contributed by atoms with Crippen molar-refractivity contribution in [3.63, 3.8) is 0 Å². The Morgan fingerprint density at radius 1 is 1.08 bits per heavy atom. The second-order valence-electron chi connectivity index (χ2n) is 9.04. The molecule has 0 saturated carbocycles. The van der Waals surface area contributed by atoms with Crippen molar-refractivity contribution in [1.29, 1.82) is 0 Å². The molecule has 9 nitrogen and oxygen atoms in total. The molecule has 1 amide bonds. The van der Waals surface area contributed by atoms with E-state index < -0.39 is 17.2 Å². The molecule has 2 heterocycles. The minimum atomic E-state index is -0.716. The minimum Gasteiger partial charge on any atom is -0.383 e. The van der Waals surface area contributed by atoms with Gasteiger partial charge in [0, 0.05) is 36.5 Å². The normalized spacial score (nSPS) is 11.3. The Balaban J connectivity index is 1.76. The van der Waals surface area contributed by atoms with E-state index in [1.165, 1.54) is 27.7 Å². The molecule has 0 saturated heterocycles. The Morgan fingerprint density at radius 3 is 2.46 bits per heavy atom. The molecule has 4 aromatic rings. The van der Waals surface area contributed by atoms with Gasteiger partial charge < -0.3 is 10.6 Å². The number of hydrogen-bond donors (Lipinski definition) is 2. The van der Waals surface area contributed by atoms with Gasteiger partial charge in [-0.25, -0.2) is 13.9 Å². The molecule has 202 valence electrons. The van der Waals surface area contributed by atoms with Crippen molar-refractivity contribution in [1.82, 2.24) is 19.3 Å². The highest BCUT2D eigenvalue weighted by Gasteiger charge is 2.23. The predicted octanol–water partition coefficient (Wildman–Crippen LogP) is 4.37. The number of aromatic amines is 1. The molecule has 0 aliphatic rings. The monoisotopic (exact) mass is 530 g/mol. The van der Waals surface area contributed by atoms with Gasteiger partial charge in [-0.05, 0) is 55.3 Å². The maximum absolute atomic E-state index is 13.6. The number of nitrogen functional groups attached to an aromatic ring is 1. The molecule has 39 heavy (non-hydrogen) atoms. The number of carbonyl (C=O) groups excluding carboxylic acids is 1. The van der Waals surface area contributed by atoms with Gasteiger partial charge >= 0.3 is 5.69 Å². The number of benzene rings is 2. The van der Waals surface area contributed by atoms with Crippen LogP contribution in [0, 0.1) is 5.82 Å². The third-order valence-electron chi connectivity index (χ3n) is 6.22. The summed E-state index contributed by atoms with van der Waals surface area (Å²) in [5.41, 5.74) is 7.53. The van der Waals surface area contributed by atoms with E-state index in [1.54, 1.807) is 29.1 Å². The van der Waals surface area contributed by atoms with Crippen LogP contribution in [0.3, 0.4) is 0 Å². The number of halogens is 1. The van der Waals surface area contributed by atoms with Crippen molar-refractivity contribution in [2.45, 2.75) is 39.7 Å². The first-order chi connectivity index (χ1) is 18.8. The molecule has 2 aromatic heterocycles. The van der Waals surface area contributed by atoms with Crippen molar-refractivity contribution in [3.8, 4) is 16.9 Å². The Labute approximate surface area is 225 Å². The van der Waals surface area contributed by atoms with Crippen LogP contribution in [0.4, 0.5) is 15.9 Å². The number of anilines is 2. The van der Waals surface area contributed by atoms with Crippen molar-refractivity contribution in [2.24, 2.45) is 0 Å². The third-order valence-corrected chi connectivity index (χ3v) is 6.22. The van der Waals surface area contributed by atoms with Crippen molar-refractivity contribution < 1.29 is 9.18 Å². The fourth-order valence-electron chi connectivity index (χ4n) is 4.24. The van der Waals surface area contributed by atoms with Gasteiger partial charge in [0.1, 0.15) is 11.6 Å². The molecule has 10 heteroatoms. The molecular weight excluding hydrogens is 499 g/mol. The van der Waals surface area contributed by atoms with E-state index in [9.17, 15) is 18.8 Å². The van der Waals surface area contributed by atoms with Crippen molar-refractivity contribution in [2.75, 3.05) is 17.2 Å². The van der Waals surface area contributed by atoms with Gasteiger partial charge in [0.05, 0.1) is 11.4 Å². The van der Waals surface area contributed by atoms with E-state index in [0.717, 1.165) is 12.1 Å². The topological polar surface area (TPSA) is 119 Å². The highest BCUT2D eigenvalue weighted by molar-refractivity contribution is 6.05. The number of rotatable bonds is 10. The standard InChI is InChI=1S/C29H31FN6O3/c1-3-5-18-34(26-27(31)35(17-4-2)29(39)32-28(26)38)24(37)16-13-21-19-36(23-9-7-6-8-10-23)33-25(21)20-11-14-22(30)15-12-20/h6-16,19H,3-5,17-18,31H2,1-2H3,(H,32,38,39)/b16-13+. The van der Waals surface area contributed by atoms with Gasteiger partial charge in [0.15, 0.2) is 5.69 Å². The molecule has 4 rings (SSSR count). The zero-order chi connectivity index (χ0) is 27.9. The number of nitrogens with one attached hydrogen (secondary N) is 1. The average molecular weight is 531 g/mol. The van der Waals surface area contributed by atoms with E-state index in [0.29, 0.717) is 36.2 Å². The Kier molecular flexibility index (Phi) is 8.55. The lowest BCUT2D eigenvalue weighted by atomic mass is 10.1. The first kappa shape index (κ1) is 27.3. The van der Waals surface area contributed by atoms with Crippen LogP contribution in [0.1, 0.15) is 38.7 Å². The summed E-state index contributed by atoms with van der Waals surface area (Å²) in [4.78, 5) is 42.2. The van der Waals surface area contributed by atoms with Crippen molar-refractivity contribution in [3.05, 3.63) is 99.1 Å². The smallest absolute Gasteiger partial charge is 0.330 e. The maximum atomic E-state index is 13.6. The van der Waals surface area contributed by atoms with E-state index in [2.05, 4.69) is 10.1 Å². The Hall–Kier alpha value is -4.73. The summed E-state index contributed by atoms with van der Waals surface area (Å²) in [5.74, 6) is -0.889. The number of carbonyl (C=O) groups is 1. The summed E-state index contributed by atoms with van der Waals surface area (Å²) < 4.78 is 16.5. The second kappa shape index (κ2) is 12.2. The van der Waals surface area contributed by atoms with Gasteiger partial charge in [0.25, 0.3) is 11.5 Å². The van der Waals surface area contributed by atoms with Gasteiger partial charge in [-0.3, -0.25) is 19.1 Å². The zero-order valence-electron chi connectivity index (χ0n) is 21.9. The summed E-state index contributed by atoms with van der Waals surface area (Å²) in [6.45, 7) is 4.40. The van der Waals surface area contributed by atoms with Crippen LogP contribution in [-0.2, 0) is 11.3 Å². The van der Waals surface area contributed by atoms with Crippen LogP contribution in [0.2, 0.25) is 0 Å². The summed E-state index contributed by atoms with van der Waals surface area (Å²) >= 11 is 0. The van der Waals surface area contributed by atoms with E-state index in [-0.39, 0.29) is 23.9 Å². The average Bonchev–Trinajstić information content (AvgIpc) is 3.36. The maximum Gasteiger partial charge on any atom is 0.330 e. The van der Waals surface area contributed by atoms with E-state index in [1.807, 2.05) is 44.2 Å². The van der Waals surface area contributed by atoms with Gasteiger partial charge in [-0.2, -0.15) is 5.10 Å². The van der Waals surface area contributed by atoms with Gasteiger partial charge in [0.2, 0.25) is 0 Å². The van der Waals surface area contributed by atoms with Crippen LogP contribution in [0.25, 0.3) is 23.0 Å². The predicted molar refractivity (Wildman–Crippen MR) is 151 cm³/mol. The molecule has 0 aliphatic carbocycles. The third kappa shape index (κ3) is 6.06. The number of hydrogen-bond acceptors (Lipinski definition) is 5. The molecule has 2 aromatic carbocycles. The molecule has 0 bridgehead atoms. The molecular formula is C29H31FN6O3. The Morgan fingerprint density at radius 2 is 1.79 bits per heavy atom. The molecule has 0 atom stereocenters. The fourth-order valence-corrected chi connectivity index (χ4v) is 4.24. The largest absolute Gasteiger partial charge is 0.383 e. The minimum absolute atomic E-state index is 0.0487. The molecule has 0 spiro atoms.